The predicted molar refractivity (Wildman–Crippen MR) is 92.8 cm³/mol. The Labute approximate surface area is 145 Å². The van der Waals surface area contributed by atoms with Gasteiger partial charge in [-0.05, 0) is 51.4 Å². The van der Waals surface area contributed by atoms with Crippen LogP contribution in [0.3, 0.4) is 0 Å². The molecule has 4 rings (SSSR count). The quantitative estimate of drug-likeness (QED) is 0.769. The first-order chi connectivity index (χ1) is 11.7. The number of aryl methyl sites for hydroxylation is 1. The second-order valence-corrected chi connectivity index (χ2v) is 7.88. The SMILES string of the molecule is CCn1cc(CN2CC[C@]3(OC)CC[C@H](OCC4CC4)C[C@H]23)cn1. The molecule has 24 heavy (non-hydrogen) atoms. The molecule has 5 heteroatoms. The number of likely N-dealkylation sites (tertiary alicyclic amines) is 1. The van der Waals surface area contributed by atoms with Crippen molar-refractivity contribution in [2.75, 3.05) is 20.3 Å². The van der Waals surface area contributed by atoms with Crippen LogP contribution in [0.15, 0.2) is 12.4 Å². The highest BCUT2D eigenvalue weighted by Crippen LogP contribution is 2.44. The smallest absolute Gasteiger partial charge is 0.0847 e. The van der Waals surface area contributed by atoms with Gasteiger partial charge in [0.2, 0.25) is 0 Å². The maximum absolute atomic E-state index is 6.23. The van der Waals surface area contributed by atoms with Crippen molar-refractivity contribution in [3.63, 3.8) is 0 Å². The molecule has 1 saturated heterocycles. The number of rotatable bonds is 7. The minimum absolute atomic E-state index is 0.0419. The fourth-order valence-electron chi connectivity index (χ4n) is 4.55. The highest BCUT2D eigenvalue weighted by Gasteiger charge is 2.51. The summed E-state index contributed by atoms with van der Waals surface area (Å²) in [4.78, 5) is 2.60. The largest absolute Gasteiger partial charge is 0.378 e. The first kappa shape index (κ1) is 16.6. The van der Waals surface area contributed by atoms with E-state index in [-0.39, 0.29) is 5.60 Å². The van der Waals surface area contributed by atoms with Crippen molar-refractivity contribution in [3.05, 3.63) is 18.0 Å². The van der Waals surface area contributed by atoms with Crippen molar-refractivity contribution >= 4 is 0 Å². The highest BCUT2D eigenvalue weighted by atomic mass is 16.5. The van der Waals surface area contributed by atoms with E-state index in [1.165, 1.54) is 18.4 Å². The number of hydrogen-bond acceptors (Lipinski definition) is 4. The molecule has 0 unspecified atom stereocenters. The van der Waals surface area contributed by atoms with Gasteiger partial charge in [0, 0.05) is 51.2 Å². The molecule has 0 radical (unpaired) electrons. The highest BCUT2D eigenvalue weighted by molar-refractivity contribution is 5.10. The van der Waals surface area contributed by atoms with Crippen molar-refractivity contribution in [1.82, 2.24) is 14.7 Å². The molecule has 2 saturated carbocycles. The maximum Gasteiger partial charge on any atom is 0.0847 e. The summed E-state index contributed by atoms with van der Waals surface area (Å²) in [5.74, 6) is 0.846. The average molecular weight is 333 g/mol. The summed E-state index contributed by atoms with van der Waals surface area (Å²) >= 11 is 0. The van der Waals surface area contributed by atoms with Crippen LogP contribution < -0.4 is 0 Å². The zero-order valence-electron chi connectivity index (χ0n) is 15.1. The molecule has 2 heterocycles. The van der Waals surface area contributed by atoms with E-state index < -0.39 is 0 Å². The summed E-state index contributed by atoms with van der Waals surface area (Å²) in [6.45, 7) is 6.13. The van der Waals surface area contributed by atoms with Gasteiger partial charge in [0.15, 0.2) is 0 Å². The lowest BCUT2D eigenvalue weighted by atomic mass is 9.79. The molecule has 3 atom stereocenters. The van der Waals surface area contributed by atoms with E-state index in [4.69, 9.17) is 9.47 Å². The lowest BCUT2D eigenvalue weighted by Crippen LogP contribution is -2.51. The number of aromatic nitrogens is 2. The minimum Gasteiger partial charge on any atom is -0.378 e. The van der Waals surface area contributed by atoms with Gasteiger partial charge in [-0.1, -0.05) is 0 Å². The molecule has 134 valence electrons. The summed E-state index contributed by atoms with van der Waals surface area (Å²) in [5.41, 5.74) is 1.35. The van der Waals surface area contributed by atoms with E-state index in [0.29, 0.717) is 12.1 Å². The number of fused-ring (bicyclic) bond motifs is 1. The van der Waals surface area contributed by atoms with E-state index >= 15 is 0 Å². The van der Waals surface area contributed by atoms with Crippen LogP contribution in [0.5, 0.6) is 0 Å². The van der Waals surface area contributed by atoms with Gasteiger partial charge in [-0.2, -0.15) is 5.10 Å². The molecule has 2 aliphatic carbocycles. The normalized spacial score (nSPS) is 33.8. The molecule has 5 nitrogen and oxygen atoms in total. The Morgan fingerprint density at radius 1 is 1.29 bits per heavy atom. The Morgan fingerprint density at radius 3 is 2.88 bits per heavy atom. The standard InChI is InChI=1S/C19H31N3O2/c1-3-22-13-16(11-20-22)12-21-9-8-19(23-2)7-6-17(10-18(19)21)24-14-15-4-5-15/h11,13,15,17-18H,3-10,12,14H2,1-2H3/t17-,18-,19+/m0/s1. The second-order valence-electron chi connectivity index (χ2n) is 7.88. The lowest BCUT2D eigenvalue weighted by Gasteiger charge is -2.43. The van der Waals surface area contributed by atoms with E-state index in [0.717, 1.165) is 57.8 Å². The second kappa shape index (κ2) is 6.77. The van der Waals surface area contributed by atoms with Crippen molar-refractivity contribution in [2.45, 2.75) is 76.3 Å². The lowest BCUT2D eigenvalue weighted by molar-refractivity contribution is -0.103. The Hall–Kier alpha value is -0.910. The van der Waals surface area contributed by atoms with Crippen LogP contribution in [0.4, 0.5) is 0 Å². The Morgan fingerprint density at radius 2 is 2.17 bits per heavy atom. The first-order valence-corrected chi connectivity index (χ1v) is 9.64. The van der Waals surface area contributed by atoms with Gasteiger partial charge in [-0.3, -0.25) is 9.58 Å². The van der Waals surface area contributed by atoms with Crippen LogP contribution in [0.2, 0.25) is 0 Å². The topological polar surface area (TPSA) is 39.5 Å². The van der Waals surface area contributed by atoms with Gasteiger partial charge in [-0.25, -0.2) is 0 Å². The summed E-state index contributed by atoms with van der Waals surface area (Å²) in [6, 6.07) is 0.477. The van der Waals surface area contributed by atoms with E-state index in [9.17, 15) is 0 Å². The Kier molecular flexibility index (Phi) is 4.67. The van der Waals surface area contributed by atoms with Crippen molar-refractivity contribution in [1.29, 1.82) is 0 Å². The molecule has 0 aromatic carbocycles. The number of ether oxygens (including phenoxy) is 2. The number of methoxy groups -OCH3 is 1. The molecular formula is C19H31N3O2. The van der Waals surface area contributed by atoms with Gasteiger partial charge < -0.3 is 9.47 Å². The van der Waals surface area contributed by atoms with Crippen LogP contribution in [-0.2, 0) is 22.6 Å². The third-order valence-electron chi connectivity index (χ3n) is 6.31. The van der Waals surface area contributed by atoms with Crippen LogP contribution in [0.25, 0.3) is 0 Å². The van der Waals surface area contributed by atoms with Gasteiger partial charge in [0.05, 0.1) is 17.9 Å². The van der Waals surface area contributed by atoms with Gasteiger partial charge >= 0.3 is 0 Å². The third-order valence-corrected chi connectivity index (χ3v) is 6.31. The van der Waals surface area contributed by atoms with Gasteiger partial charge in [0.1, 0.15) is 0 Å². The van der Waals surface area contributed by atoms with Crippen LogP contribution in [-0.4, -0.2) is 52.7 Å². The average Bonchev–Trinajstić information content (AvgIpc) is 3.22. The fraction of sp³-hybridized carbons (Fsp3) is 0.842. The van der Waals surface area contributed by atoms with E-state index in [1.54, 1.807) is 0 Å². The summed E-state index contributed by atoms with van der Waals surface area (Å²) in [6.07, 6.45) is 11.9. The van der Waals surface area contributed by atoms with E-state index in [2.05, 4.69) is 23.1 Å². The minimum atomic E-state index is 0.0419. The molecule has 1 aromatic rings. The molecule has 3 fully saturated rings. The molecule has 0 spiro atoms. The maximum atomic E-state index is 6.23. The van der Waals surface area contributed by atoms with Crippen molar-refractivity contribution in [2.24, 2.45) is 5.92 Å². The molecule has 1 aromatic heterocycles. The van der Waals surface area contributed by atoms with Crippen molar-refractivity contribution < 1.29 is 9.47 Å². The molecule has 1 aliphatic heterocycles. The monoisotopic (exact) mass is 333 g/mol. The number of hydrogen-bond donors (Lipinski definition) is 0. The molecule has 3 aliphatic rings. The molecule has 0 N–H and O–H groups in total. The van der Waals surface area contributed by atoms with Gasteiger partial charge in [-0.15, -0.1) is 0 Å². The summed E-state index contributed by atoms with van der Waals surface area (Å²) in [7, 11) is 1.90. The Balaban J connectivity index is 1.42. The first-order valence-electron chi connectivity index (χ1n) is 9.64. The van der Waals surface area contributed by atoms with Crippen LogP contribution in [0, 0.1) is 5.92 Å². The van der Waals surface area contributed by atoms with Crippen LogP contribution >= 0.6 is 0 Å². The summed E-state index contributed by atoms with van der Waals surface area (Å²) in [5, 5.41) is 4.42. The third kappa shape index (κ3) is 3.26. The zero-order valence-corrected chi connectivity index (χ0v) is 15.1. The van der Waals surface area contributed by atoms with E-state index in [1.807, 2.05) is 18.0 Å². The Bertz CT molecular complexity index is 557. The van der Waals surface area contributed by atoms with Crippen molar-refractivity contribution in [3.8, 4) is 0 Å². The summed E-state index contributed by atoms with van der Waals surface area (Å²) < 4.78 is 14.3. The molecular weight excluding hydrogens is 302 g/mol. The predicted octanol–water partition coefficient (Wildman–Crippen LogP) is 2.84. The fourth-order valence-corrected chi connectivity index (χ4v) is 4.55. The molecule has 0 amide bonds. The number of nitrogens with zero attached hydrogens (tertiary/aromatic N) is 3. The molecule has 0 bridgehead atoms. The van der Waals surface area contributed by atoms with Crippen LogP contribution in [0.1, 0.15) is 51.0 Å². The van der Waals surface area contributed by atoms with Gasteiger partial charge in [0.25, 0.3) is 0 Å². The zero-order chi connectivity index (χ0) is 16.6.